The predicted molar refractivity (Wildman–Crippen MR) is 54.9 cm³/mol. The first-order valence-electron chi connectivity index (χ1n) is 4.23. The fraction of sp³-hybridized carbons (Fsp3) is 0.273. The van der Waals surface area contributed by atoms with Crippen LogP contribution in [-0.2, 0) is 0 Å². The third kappa shape index (κ3) is 1.88. The summed E-state index contributed by atoms with van der Waals surface area (Å²) in [7, 11) is 0. The van der Waals surface area contributed by atoms with Crippen molar-refractivity contribution in [2.45, 2.75) is 20.8 Å². The number of allylic oxidation sites excluding steroid dienone is 2. The maximum atomic E-state index is 3.29. The third-order valence-electron chi connectivity index (χ3n) is 1.69. The van der Waals surface area contributed by atoms with Gasteiger partial charge in [0.25, 0.3) is 0 Å². The lowest BCUT2D eigenvalue weighted by Crippen LogP contribution is -1.74. The first-order chi connectivity index (χ1) is 5.77. The molecule has 0 saturated carbocycles. The zero-order chi connectivity index (χ0) is 8.97. The molecule has 0 fully saturated rings. The Morgan fingerprint density at radius 2 is 1.83 bits per heavy atom. The van der Waals surface area contributed by atoms with Gasteiger partial charge < -0.3 is 4.98 Å². The highest BCUT2D eigenvalue weighted by Gasteiger charge is 1.97. The molecule has 0 bridgehead atoms. The summed E-state index contributed by atoms with van der Waals surface area (Å²) in [6.45, 7) is 6.12. The molecular formula is C11H15N. The van der Waals surface area contributed by atoms with Gasteiger partial charge in [0.1, 0.15) is 0 Å². The third-order valence-corrected chi connectivity index (χ3v) is 1.69. The molecule has 0 aliphatic carbocycles. The molecule has 0 aliphatic heterocycles. The van der Waals surface area contributed by atoms with E-state index in [0.29, 0.717) is 0 Å². The van der Waals surface area contributed by atoms with Gasteiger partial charge in [0.05, 0.1) is 0 Å². The quantitative estimate of drug-likeness (QED) is 0.684. The molecule has 1 aromatic rings. The summed E-state index contributed by atoms with van der Waals surface area (Å²) in [4.78, 5) is 3.29. The van der Waals surface area contributed by atoms with E-state index in [1.165, 1.54) is 17.0 Å². The van der Waals surface area contributed by atoms with Gasteiger partial charge in [0.15, 0.2) is 0 Å². The van der Waals surface area contributed by atoms with Crippen LogP contribution in [0.4, 0.5) is 0 Å². The molecule has 0 spiro atoms. The van der Waals surface area contributed by atoms with Crippen molar-refractivity contribution in [2.75, 3.05) is 0 Å². The van der Waals surface area contributed by atoms with Crippen molar-refractivity contribution in [3.05, 3.63) is 35.2 Å². The van der Waals surface area contributed by atoms with Gasteiger partial charge >= 0.3 is 0 Å². The van der Waals surface area contributed by atoms with Gasteiger partial charge in [-0.05, 0) is 38.5 Å². The van der Waals surface area contributed by atoms with Crippen molar-refractivity contribution in [3.63, 3.8) is 0 Å². The van der Waals surface area contributed by atoms with Gasteiger partial charge in [-0.3, -0.25) is 0 Å². The summed E-state index contributed by atoms with van der Waals surface area (Å²) in [6.07, 6.45) is 8.29. The second kappa shape index (κ2) is 3.96. The zero-order valence-electron chi connectivity index (χ0n) is 7.89. The van der Waals surface area contributed by atoms with E-state index >= 15 is 0 Å². The van der Waals surface area contributed by atoms with Crippen LogP contribution in [-0.4, -0.2) is 4.98 Å². The standard InChI is InChI=1S/C11H15N/c1-4-6-10-8-9(3)12-11(10)7-5-2/h4-8,12H,1-3H3/b6-4-,7-5-. The smallest absolute Gasteiger partial charge is 0.0452 e. The molecule has 1 N–H and O–H groups in total. The van der Waals surface area contributed by atoms with E-state index in [1.54, 1.807) is 0 Å². The van der Waals surface area contributed by atoms with Crippen LogP contribution >= 0.6 is 0 Å². The minimum absolute atomic E-state index is 1.19. The molecule has 0 aromatic carbocycles. The van der Waals surface area contributed by atoms with Gasteiger partial charge in [0, 0.05) is 11.4 Å². The number of hydrogen-bond donors (Lipinski definition) is 1. The van der Waals surface area contributed by atoms with Crippen LogP contribution in [0.5, 0.6) is 0 Å². The lowest BCUT2D eigenvalue weighted by molar-refractivity contribution is 1.25. The Morgan fingerprint density at radius 1 is 1.17 bits per heavy atom. The predicted octanol–water partition coefficient (Wildman–Crippen LogP) is 3.39. The highest BCUT2D eigenvalue weighted by molar-refractivity contribution is 5.63. The highest BCUT2D eigenvalue weighted by Crippen LogP contribution is 2.13. The maximum absolute atomic E-state index is 3.29. The Balaban J connectivity index is 3.07. The maximum Gasteiger partial charge on any atom is 0.0452 e. The van der Waals surface area contributed by atoms with Gasteiger partial charge in [-0.15, -0.1) is 0 Å². The van der Waals surface area contributed by atoms with Crippen LogP contribution in [0, 0.1) is 6.92 Å². The van der Waals surface area contributed by atoms with Crippen molar-refractivity contribution >= 4 is 12.2 Å². The molecule has 0 unspecified atom stereocenters. The van der Waals surface area contributed by atoms with Crippen LogP contribution in [0.15, 0.2) is 18.2 Å². The molecule has 0 aliphatic rings. The second-order valence-corrected chi connectivity index (χ2v) is 2.82. The van der Waals surface area contributed by atoms with E-state index in [0.717, 1.165) is 0 Å². The Kier molecular flexibility index (Phi) is 2.92. The normalized spacial score (nSPS) is 11.9. The first-order valence-corrected chi connectivity index (χ1v) is 4.23. The fourth-order valence-corrected chi connectivity index (χ4v) is 1.25. The molecule has 1 heteroatoms. The summed E-state index contributed by atoms with van der Waals surface area (Å²) in [5.74, 6) is 0. The monoisotopic (exact) mass is 161 g/mol. The van der Waals surface area contributed by atoms with Gasteiger partial charge in [0.2, 0.25) is 0 Å². The lowest BCUT2D eigenvalue weighted by atomic mass is 10.2. The van der Waals surface area contributed by atoms with E-state index in [-0.39, 0.29) is 0 Å². The lowest BCUT2D eigenvalue weighted by Gasteiger charge is -1.89. The van der Waals surface area contributed by atoms with Gasteiger partial charge in [-0.1, -0.05) is 18.2 Å². The minimum Gasteiger partial charge on any atom is -0.359 e. The largest absolute Gasteiger partial charge is 0.359 e. The summed E-state index contributed by atoms with van der Waals surface area (Å²) in [5.41, 5.74) is 3.65. The Morgan fingerprint density at radius 3 is 2.42 bits per heavy atom. The van der Waals surface area contributed by atoms with Crippen LogP contribution in [0.25, 0.3) is 12.2 Å². The summed E-state index contributed by atoms with van der Waals surface area (Å²) >= 11 is 0. The van der Waals surface area contributed by atoms with Crippen LogP contribution in [0.3, 0.4) is 0 Å². The van der Waals surface area contributed by atoms with E-state index in [4.69, 9.17) is 0 Å². The van der Waals surface area contributed by atoms with E-state index in [2.05, 4.69) is 36.2 Å². The van der Waals surface area contributed by atoms with Crippen LogP contribution in [0.2, 0.25) is 0 Å². The Labute approximate surface area is 73.8 Å². The zero-order valence-corrected chi connectivity index (χ0v) is 7.89. The van der Waals surface area contributed by atoms with Crippen molar-refractivity contribution in [1.82, 2.24) is 4.98 Å². The molecule has 12 heavy (non-hydrogen) atoms. The number of aryl methyl sites for hydroxylation is 1. The molecule has 1 rings (SSSR count). The number of hydrogen-bond acceptors (Lipinski definition) is 0. The number of H-pyrrole nitrogens is 1. The molecular weight excluding hydrogens is 146 g/mol. The van der Waals surface area contributed by atoms with Crippen molar-refractivity contribution in [1.29, 1.82) is 0 Å². The second-order valence-electron chi connectivity index (χ2n) is 2.82. The first kappa shape index (κ1) is 8.85. The van der Waals surface area contributed by atoms with E-state index in [9.17, 15) is 0 Å². The molecule has 0 amide bonds. The highest BCUT2D eigenvalue weighted by atomic mass is 14.7. The fourth-order valence-electron chi connectivity index (χ4n) is 1.25. The average molecular weight is 161 g/mol. The summed E-state index contributed by atoms with van der Waals surface area (Å²) < 4.78 is 0. The SMILES string of the molecule is C/C=C\c1cc(C)[nH]c1/C=C\C. The molecule has 0 atom stereocenters. The van der Waals surface area contributed by atoms with Gasteiger partial charge in [-0.25, -0.2) is 0 Å². The molecule has 1 heterocycles. The number of aromatic amines is 1. The average Bonchev–Trinajstić information content (AvgIpc) is 2.33. The molecule has 1 nitrogen and oxygen atoms in total. The topological polar surface area (TPSA) is 15.8 Å². The molecule has 1 aromatic heterocycles. The van der Waals surface area contributed by atoms with Crippen molar-refractivity contribution < 1.29 is 0 Å². The minimum atomic E-state index is 1.19. The molecule has 0 radical (unpaired) electrons. The summed E-state index contributed by atoms with van der Waals surface area (Å²) in [6, 6.07) is 2.15. The van der Waals surface area contributed by atoms with Gasteiger partial charge in [-0.2, -0.15) is 0 Å². The van der Waals surface area contributed by atoms with Crippen molar-refractivity contribution in [2.24, 2.45) is 0 Å². The van der Waals surface area contributed by atoms with E-state index in [1.807, 2.05) is 19.9 Å². The van der Waals surface area contributed by atoms with Crippen molar-refractivity contribution in [3.8, 4) is 0 Å². The summed E-state index contributed by atoms with van der Waals surface area (Å²) in [5, 5.41) is 0. The number of nitrogens with one attached hydrogen (secondary N) is 1. The number of rotatable bonds is 2. The van der Waals surface area contributed by atoms with E-state index < -0.39 is 0 Å². The molecule has 0 saturated heterocycles. The molecule has 64 valence electrons. The van der Waals surface area contributed by atoms with Crippen LogP contribution < -0.4 is 0 Å². The Hall–Kier alpha value is -1.24. The van der Waals surface area contributed by atoms with Crippen LogP contribution in [0.1, 0.15) is 30.8 Å². The Bertz CT molecular complexity index is 273. The number of aromatic nitrogens is 1.